The van der Waals surface area contributed by atoms with Gasteiger partial charge in [0.15, 0.2) is 6.10 Å². The van der Waals surface area contributed by atoms with Gasteiger partial charge in [-0.15, -0.1) is 0 Å². The van der Waals surface area contributed by atoms with Gasteiger partial charge in [0.1, 0.15) is 13.2 Å². The van der Waals surface area contributed by atoms with Crippen molar-refractivity contribution >= 4 is 17.9 Å². The van der Waals surface area contributed by atoms with Crippen LogP contribution in [0.5, 0.6) is 0 Å². The third kappa shape index (κ3) is 66.4. The Labute approximate surface area is 506 Å². The molecular formula is C76H126O6. The van der Waals surface area contributed by atoms with Crippen molar-refractivity contribution in [2.45, 2.75) is 316 Å². The molecule has 0 bridgehead atoms. The lowest BCUT2D eigenvalue weighted by molar-refractivity contribution is -0.167. The van der Waals surface area contributed by atoms with Crippen LogP contribution in [-0.4, -0.2) is 37.2 Å². The fourth-order valence-corrected chi connectivity index (χ4v) is 9.24. The highest BCUT2D eigenvalue weighted by Crippen LogP contribution is 2.15. The van der Waals surface area contributed by atoms with Gasteiger partial charge in [0, 0.05) is 19.3 Å². The summed E-state index contributed by atoms with van der Waals surface area (Å²) in [5.41, 5.74) is 0. The van der Waals surface area contributed by atoms with E-state index in [1.165, 1.54) is 128 Å². The average molecular weight is 1140 g/mol. The summed E-state index contributed by atoms with van der Waals surface area (Å²) in [6, 6.07) is 0. The number of carbonyl (C=O) groups excluding carboxylic acids is 3. The van der Waals surface area contributed by atoms with E-state index in [4.69, 9.17) is 14.2 Å². The summed E-state index contributed by atoms with van der Waals surface area (Å²) in [6.07, 6.45) is 97.5. The summed E-state index contributed by atoms with van der Waals surface area (Å²) < 4.78 is 16.9. The van der Waals surface area contributed by atoms with Gasteiger partial charge in [0.05, 0.1) is 0 Å². The van der Waals surface area contributed by atoms with Crippen molar-refractivity contribution in [3.05, 3.63) is 134 Å². The lowest BCUT2D eigenvalue weighted by atomic mass is 10.1. The standard InChI is InChI=1S/C76H126O6/c1-4-7-10-13-16-19-22-25-28-30-31-32-33-34-35-36-37-38-39-40-41-42-43-44-45-47-48-51-54-57-60-63-66-69-75(78)81-72-73(71-80-74(77)68-65-62-59-56-53-50-27-24-21-18-15-12-9-6-3)82-76(79)70-67-64-61-58-55-52-49-46-29-26-23-20-17-14-11-8-5-2/h7,10,15-16,18-19,24-29,31-32,34-35,37-38,40-41,43-44,73H,4-6,8-9,11-14,17,20-23,30,33,36,39,42,45-72H2,1-3H3/b10-7-,18-15-,19-16-,27-24-,28-25-,29-26-,32-31-,35-34-,38-37-,41-40-,44-43-. The molecular weight excluding hydrogens is 1010 g/mol. The van der Waals surface area contributed by atoms with Gasteiger partial charge in [-0.05, 0) is 135 Å². The lowest BCUT2D eigenvalue weighted by Crippen LogP contribution is -2.30. The first-order valence-electron chi connectivity index (χ1n) is 34.2. The molecule has 0 aromatic carbocycles. The van der Waals surface area contributed by atoms with Crippen molar-refractivity contribution in [1.82, 2.24) is 0 Å². The first-order valence-corrected chi connectivity index (χ1v) is 34.2. The van der Waals surface area contributed by atoms with Crippen LogP contribution in [0, 0.1) is 0 Å². The van der Waals surface area contributed by atoms with E-state index in [0.29, 0.717) is 19.3 Å². The molecule has 0 radical (unpaired) electrons. The topological polar surface area (TPSA) is 78.9 Å². The highest BCUT2D eigenvalue weighted by Gasteiger charge is 2.19. The number of ether oxygens (including phenoxy) is 3. The Balaban J connectivity index is 4.31. The average Bonchev–Trinajstić information content (AvgIpc) is 3.47. The van der Waals surface area contributed by atoms with Gasteiger partial charge in [-0.3, -0.25) is 14.4 Å². The normalized spacial score (nSPS) is 13.0. The number of rotatable bonds is 61. The van der Waals surface area contributed by atoms with Crippen LogP contribution in [0.1, 0.15) is 310 Å². The number of esters is 3. The molecule has 6 nitrogen and oxygen atoms in total. The molecule has 0 aliphatic rings. The Kier molecular flexibility index (Phi) is 65.3. The Bertz CT molecular complexity index is 1730. The van der Waals surface area contributed by atoms with Crippen LogP contribution in [0.4, 0.5) is 0 Å². The van der Waals surface area contributed by atoms with Crippen molar-refractivity contribution in [3.8, 4) is 0 Å². The SMILES string of the molecule is CC/C=C\C/C=C\C/C=C\C/C=C\C/C=C\C/C=C\C/C=C\C/C=C\CCCCCCCCCCC(=O)OCC(COC(=O)CCCCCCC/C=C\C/C=C\CCCC)OC(=O)CCCCCCCCC/C=C\CCCCCCCC. The minimum Gasteiger partial charge on any atom is -0.462 e. The fraction of sp³-hybridized carbons (Fsp3) is 0.671. The van der Waals surface area contributed by atoms with Crippen LogP contribution in [0.3, 0.4) is 0 Å². The van der Waals surface area contributed by atoms with Gasteiger partial charge in [-0.1, -0.05) is 289 Å². The number of allylic oxidation sites excluding steroid dienone is 22. The molecule has 6 heteroatoms. The molecule has 0 heterocycles. The summed E-state index contributed by atoms with van der Waals surface area (Å²) in [6.45, 7) is 6.47. The largest absolute Gasteiger partial charge is 0.462 e. The van der Waals surface area contributed by atoms with E-state index in [9.17, 15) is 14.4 Å². The summed E-state index contributed by atoms with van der Waals surface area (Å²) in [5.74, 6) is -0.911. The molecule has 82 heavy (non-hydrogen) atoms. The molecule has 0 saturated heterocycles. The van der Waals surface area contributed by atoms with Gasteiger partial charge < -0.3 is 14.2 Å². The molecule has 1 unspecified atom stereocenters. The van der Waals surface area contributed by atoms with Gasteiger partial charge >= 0.3 is 17.9 Å². The van der Waals surface area contributed by atoms with Crippen molar-refractivity contribution in [2.75, 3.05) is 13.2 Å². The molecule has 0 saturated carbocycles. The van der Waals surface area contributed by atoms with Crippen molar-refractivity contribution in [2.24, 2.45) is 0 Å². The molecule has 0 amide bonds. The zero-order chi connectivity index (χ0) is 59.2. The molecule has 0 rings (SSSR count). The van der Waals surface area contributed by atoms with Crippen molar-refractivity contribution in [3.63, 3.8) is 0 Å². The first kappa shape index (κ1) is 77.5. The second kappa shape index (κ2) is 69.0. The number of hydrogen-bond acceptors (Lipinski definition) is 6. The Morgan fingerprint density at radius 2 is 0.488 bits per heavy atom. The number of carbonyl (C=O) groups is 3. The van der Waals surface area contributed by atoms with E-state index in [1.54, 1.807) is 0 Å². The molecule has 466 valence electrons. The molecule has 0 spiro atoms. The Morgan fingerprint density at radius 3 is 0.793 bits per heavy atom. The third-order valence-electron chi connectivity index (χ3n) is 14.4. The molecule has 0 aliphatic carbocycles. The van der Waals surface area contributed by atoms with E-state index in [2.05, 4.69) is 154 Å². The van der Waals surface area contributed by atoms with Crippen LogP contribution in [0.15, 0.2) is 134 Å². The zero-order valence-electron chi connectivity index (χ0n) is 53.5. The third-order valence-corrected chi connectivity index (χ3v) is 14.4. The monoisotopic (exact) mass is 1130 g/mol. The minimum atomic E-state index is -0.794. The van der Waals surface area contributed by atoms with E-state index in [1.807, 2.05) is 0 Å². The minimum absolute atomic E-state index is 0.0906. The number of unbranched alkanes of at least 4 members (excludes halogenated alkanes) is 28. The van der Waals surface area contributed by atoms with Crippen LogP contribution in [0.2, 0.25) is 0 Å². The lowest BCUT2D eigenvalue weighted by Gasteiger charge is -2.18. The van der Waals surface area contributed by atoms with E-state index in [0.717, 1.165) is 141 Å². The van der Waals surface area contributed by atoms with Crippen molar-refractivity contribution in [1.29, 1.82) is 0 Å². The van der Waals surface area contributed by atoms with Gasteiger partial charge in [0.2, 0.25) is 0 Å². The summed E-state index contributed by atoms with van der Waals surface area (Å²) in [5, 5.41) is 0. The maximum Gasteiger partial charge on any atom is 0.306 e. The van der Waals surface area contributed by atoms with Crippen LogP contribution >= 0.6 is 0 Å². The Morgan fingerprint density at radius 1 is 0.256 bits per heavy atom. The summed E-state index contributed by atoms with van der Waals surface area (Å²) in [7, 11) is 0. The quantitative estimate of drug-likeness (QED) is 0.0261. The predicted molar refractivity (Wildman–Crippen MR) is 357 cm³/mol. The van der Waals surface area contributed by atoms with E-state index < -0.39 is 6.10 Å². The van der Waals surface area contributed by atoms with Gasteiger partial charge in [0.25, 0.3) is 0 Å². The molecule has 0 N–H and O–H groups in total. The second-order valence-corrected chi connectivity index (χ2v) is 22.3. The molecule has 1 atom stereocenters. The van der Waals surface area contributed by atoms with Crippen LogP contribution < -0.4 is 0 Å². The molecule has 0 aliphatic heterocycles. The second-order valence-electron chi connectivity index (χ2n) is 22.3. The smallest absolute Gasteiger partial charge is 0.306 e. The zero-order valence-corrected chi connectivity index (χ0v) is 53.5. The fourth-order valence-electron chi connectivity index (χ4n) is 9.24. The van der Waals surface area contributed by atoms with E-state index >= 15 is 0 Å². The molecule has 0 aromatic heterocycles. The van der Waals surface area contributed by atoms with Crippen LogP contribution in [0.25, 0.3) is 0 Å². The van der Waals surface area contributed by atoms with E-state index in [-0.39, 0.29) is 31.1 Å². The number of hydrogen-bond donors (Lipinski definition) is 0. The summed E-state index contributed by atoms with van der Waals surface area (Å²) >= 11 is 0. The molecule has 0 aromatic rings. The first-order chi connectivity index (χ1) is 40.5. The highest BCUT2D eigenvalue weighted by atomic mass is 16.6. The summed E-state index contributed by atoms with van der Waals surface area (Å²) in [4.78, 5) is 38.4. The van der Waals surface area contributed by atoms with Gasteiger partial charge in [-0.2, -0.15) is 0 Å². The predicted octanol–water partition coefficient (Wildman–Crippen LogP) is 23.7. The molecule has 0 fully saturated rings. The maximum absolute atomic E-state index is 12.9. The van der Waals surface area contributed by atoms with Crippen molar-refractivity contribution < 1.29 is 28.6 Å². The van der Waals surface area contributed by atoms with Crippen LogP contribution in [-0.2, 0) is 28.6 Å². The van der Waals surface area contributed by atoms with Gasteiger partial charge in [-0.25, -0.2) is 0 Å². The Hall–Kier alpha value is -4.45. The highest BCUT2D eigenvalue weighted by molar-refractivity contribution is 5.71. The maximum atomic E-state index is 12.9.